The van der Waals surface area contributed by atoms with Crippen LogP contribution in [-0.2, 0) is 11.2 Å². The lowest BCUT2D eigenvalue weighted by Gasteiger charge is -2.34. The van der Waals surface area contributed by atoms with E-state index in [0.717, 1.165) is 36.5 Å². The summed E-state index contributed by atoms with van der Waals surface area (Å²) in [6.07, 6.45) is 12.5. The summed E-state index contributed by atoms with van der Waals surface area (Å²) in [7, 11) is 0. The van der Waals surface area contributed by atoms with Gasteiger partial charge >= 0.3 is 0 Å². The quantitative estimate of drug-likeness (QED) is 0.728. The van der Waals surface area contributed by atoms with Gasteiger partial charge in [-0.25, -0.2) is 9.97 Å². The van der Waals surface area contributed by atoms with Gasteiger partial charge in [-0.15, -0.1) is 0 Å². The van der Waals surface area contributed by atoms with Crippen LogP contribution in [0.15, 0.2) is 24.5 Å². The van der Waals surface area contributed by atoms with Gasteiger partial charge in [0.25, 0.3) is 5.91 Å². The molecule has 1 atom stereocenters. The maximum Gasteiger partial charge on any atom is 0.254 e. The lowest BCUT2D eigenvalue weighted by Crippen LogP contribution is -2.41. The van der Waals surface area contributed by atoms with Crippen LogP contribution in [-0.4, -0.2) is 44.8 Å². The molecule has 0 bridgehead atoms. The van der Waals surface area contributed by atoms with Crippen molar-refractivity contribution in [2.24, 2.45) is 5.92 Å². The van der Waals surface area contributed by atoms with Gasteiger partial charge in [0.2, 0.25) is 5.91 Å². The molecule has 5 rings (SSSR count). The number of hydrogen-bond acceptors (Lipinski definition) is 5. The number of carbonyl (C=O) groups is 2. The van der Waals surface area contributed by atoms with E-state index in [9.17, 15) is 9.59 Å². The molecule has 2 aromatic heterocycles. The van der Waals surface area contributed by atoms with Gasteiger partial charge in [-0.1, -0.05) is 19.3 Å². The number of nitrogens with zero attached hydrogens (tertiary/aromatic N) is 5. The molecule has 0 aromatic carbocycles. The summed E-state index contributed by atoms with van der Waals surface area (Å²) in [5.41, 5.74) is 2.67. The second-order valence-electron chi connectivity index (χ2n) is 9.37. The van der Waals surface area contributed by atoms with Crippen LogP contribution in [0.2, 0.25) is 0 Å². The molecule has 0 unspecified atom stereocenters. The molecular formula is C25H31N5O2. The number of aryl methyl sites for hydroxylation is 1. The Morgan fingerprint density at radius 3 is 2.59 bits per heavy atom. The smallest absolute Gasteiger partial charge is 0.254 e. The van der Waals surface area contributed by atoms with E-state index >= 15 is 0 Å². The molecule has 0 radical (unpaired) electrons. The maximum absolute atomic E-state index is 13.2. The Balaban J connectivity index is 1.46. The summed E-state index contributed by atoms with van der Waals surface area (Å²) in [5, 5.41) is 0. The first-order chi connectivity index (χ1) is 15.6. The van der Waals surface area contributed by atoms with Crippen LogP contribution in [0.25, 0.3) is 0 Å². The van der Waals surface area contributed by atoms with Gasteiger partial charge in [0.15, 0.2) is 5.82 Å². The van der Waals surface area contributed by atoms with E-state index < -0.39 is 0 Å². The minimum absolute atomic E-state index is 0.0102. The first-order valence-corrected chi connectivity index (χ1v) is 12.0. The number of pyridine rings is 1. The molecule has 168 valence electrons. The van der Waals surface area contributed by atoms with Crippen LogP contribution in [0.4, 0.5) is 5.82 Å². The van der Waals surface area contributed by atoms with E-state index in [1.165, 1.54) is 32.1 Å². The van der Waals surface area contributed by atoms with Crippen LogP contribution in [0.1, 0.15) is 84.8 Å². The molecule has 2 aromatic rings. The third kappa shape index (κ3) is 4.00. The summed E-state index contributed by atoms with van der Waals surface area (Å²) in [4.78, 5) is 43.7. The predicted octanol–water partition coefficient (Wildman–Crippen LogP) is 4.02. The molecule has 1 saturated carbocycles. The summed E-state index contributed by atoms with van der Waals surface area (Å²) in [6, 6.07) is 3.34. The molecule has 3 aliphatic rings. The van der Waals surface area contributed by atoms with E-state index in [0.29, 0.717) is 36.7 Å². The Labute approximate surface area is 189 Å². The number of anilines is 1. The molecule has 1 aliphatic carbocycles. The molecule has 2 amide bonds. The Hall–Kier alpha value is -2.83. The van der Waals surface area contributed by atoms with E-state index in [2.05, 4.69) is 4.98 Å². The summed E-state index contributed by atoms with van der Waals surface area (Å²) in [5.74, 6) is 2.17. The topological polar surface area (TPSA) is 79.3 Å². The average Bonchev–Trinajstić information content (AvgIpc) is 3.31. The van der Waals surface area contributed by atoms with E-state index in [1.807, 2.05) is 16.7 Å². The number of amides is 2. The monoisotopic (exact) mass is 433 g/mol. The van der Waals surface area contributed by atoms with Crippen molar-refractivity contribution in [1.29, 1.82) is 0 Å². The van der Waals surface area contributed by atoms with Crippen LogP contribution in [0.5, 0.6) is 0 Å². The van der Waals surface area contributed by atoms with Crippen molar-refractivity contribution in [3.63, 3.8) is 0 Å². The fraction of sp³-hybridized carbons (Fsp3) is 0.560. The number of rotatable bonds is 4. The summed E-state index contributed by atoms with van der Waals surface area (Å²) in [6.45, 7) is 3.46. The molecule has 4 heterocycles. The van der Waals surface area contributed by atoms with Crippen molar-refractivity contribution in [2.45, 2.75) is 70.8 Å². The number of likely N-dealkylation sites (tertiary alicyclic amines) is 1. The van der Waals surface area contributed by atoms with Crippen molar-refractivity contribution >= 4 is 17.6 Å². The van der Waals surface area contributed by atoms with Crippen LogP contribution >= 0.6 is 0 Å². The Morgan fingerprint density at radius 1 is 1.03 bits per heavy atom. The van der Waals surface area contributed by atoms with Gasteiger partial charge in [-0.05, 0) is 57.1 Å². The summed E-state index contributed by atoms with van der Waals surface area (Å²) >= 11 is 0. The van der Waals surface area contributed by atoms with Gasteiger partial charge in [0.1, 0.15) is 5.82 Å². The number of hydrogen-bond donors (Lipinski definition) is 0. The van der Waals surface area contributed by atoms with Crippen molar-refractivity contribution in [3.05, 3.63) is 47.2 Å². The number of aromatic nitrogens is 3. The highest BCUT2D eigenvalue weighted by Crippen LogP contribution is 2.36. The lowest BCUT2D eigenvalue weighted by atomic mass is 9.88. The minimum Gasteiger partial charge on any atom is -0.328 e. The van der Waals surface area contributed by atoms with Gasteiger partial charge in [0.05, 0.1) is 6.04 Å². The standard InChI is InChI=1S/C25H31N5O2/c1-17-20-9-10-22(31)30(16-18-6-3-2-4-7-18)24(20)28-23(27-17)21-8-5-15-29(21)25(32)19-11-13-26-14-12-19/h11-14,18,21H,2-10,15-16H2,1H3/t21-/m0/s1. The van der Waals surface area contributed by atoms with Crippen LogP contribution < -0.4 is 4.90 Å². The van der Waals surface area contributed by atoms with Gasteiger partial charge in [-0.2, -0.15) is 0 Å². The SMILES string of the molecule is Cc1nc([C@@H]2CCCN2C(=O)c2ccncc2)nc2c1CCC(=O)N2CC1CCCCC1. The van der Waals surface area contributed by atoms with Crippen LogP contribution in [0.3, 0.4) is 0 Å². The highest BCUT2D eigenvalue weighted by Gasteiger charge is 2.36. The largest absolute Gasteiger partial charge is 0.328 e. The van der Waals surface area contributed by atoms with E-state index in [1.54, 1.807) is 24.5 Å². The Bertz CT molecular complexity index is 1000. The van der Waals surface area contributed by atoms with Crippen molar-refractivity contribution in [2.75, 3.05) is 18.0 Å². The van der Waals surface area contributed by atoms with E-state index in [-0.39, 0.29) is 17.9 Å². The second-order valence-corrected chi connectivity index (χ2v) is 9.37. The average molecular weight is 434 g/mol. The van der Waals surface area contributed by atoms with Gasteiger partial charge < -0.3 is 4.90 Å². The van der Waals surface area contributed by atoms with Gasteiger partial charge in [-0.3, -0.25) is 19.5 Å². The normalized spacial score (nSPS) is 21.7. The predicted molar refractivity (Wildman–Crippen MR) is 121 cm³/mol. The molecule has 7 heteroatoms. The van der Waals surface area contributed by atoms with Gasteiger partial charge in [0, 0.05) is 48.7 Å². The zero-order chi connectivity index (χ0) is 22.1. The van der Waals surface area contributed by atoms with Crippen molar-refractivity contribution in [3.8, 4) is 0 Å². The number of fused-ring (bicyclic) bond motifs is 1. The highest BCUT2D eigenvalue weighted by atomic mass is 16.2. The highest BCUT2D eigenvalue weighted by molar-refractivity contribution is 5.96. The molecule has 0 N–H and O–H groups in total. The molecule has 2 aliphatic heterocycles. The summed E-state index contributed by atoms with van der Waals surface area (Å²) < 4.78 is 0. The Morgan fingerprint density at radius 2 is 1.81 bits per heavy atom. The molecule has 1 saturated heterocycles. The third-order valence-electron chi connectivity index (χ3n) is 7.26. The van der Waals surface area contributed by atoms with Crippen LogP contribution in [0, 0.1) is 12.8 Å². The zero-order valence-corrected chi connectivity index (χ0v) is 18.8. The second kappa shape index (κ2) is 8.96. The lowest BCUT2D eigenvalue weighted by molar-refractivity contribution is -0.119. The fourth-order valence-electron chi connectivity index (χ4n) is 5.51. The number of carbonyl (C=O) groups excluding carboxylic acids is 2. The fourth-order valence-corrected chi connectivity index (χ4v) is 5.51. The van der Waals surface area contributed by atoms with Crippen molar-refractivity contribution < 1.29 is 9.59 Å². The molecule has 0 spiro atoms. The molecule has 32 heavy (non-hydrogen) atoms. The molecule has 7 nitrogen and oxygen atoms in total. The minimum atomic E-state index is -0.159. The third-order valence-corrected chi connectivity index (χ3v) is 7.26. The molecule has 2 fully saturated rings. The molecular weight excluding hydrogens is 402 g/mol. The first-order valence-electron chi connectivity index (χ1n) is 12.0. The van der Waals surface area contributed by atoms with Crippen molar-refractivity contribution in [1.82, 2.24) is 19.9 Å². The zero-order valence-electron chi connectivity index (χ0n) is 18.8. The van der Waals surface area contributed by atoms with E-state index in [4.69, 9.17) is 9.97 Å². The first kappa shape index (κ1) is 21.0. The Kier molecular flexibility index (Phi) is 5.89. The maximum atomic E-state index is 13.2.